The molecule has 156 valence electrons. The number of benzene rings is 2. The highest BCUT2D eigenvalue weighted by Gasteiger charge is 2.63. The van der Waals surface area contributed by atoms with Crippen molar-refractivity contribution in [3.8, 4) is 6.07 Å². The summed E-state index contributed by atoms with van der Waals surface area (Å²) in [6, 6.07) is 7.56. The fourth-order valence-corrected chi connectivity index (χ4v) is 3.39. The molecule has 0 radical (unpaired) electrons. The summed E-state index contributed by atoms with van der Waals surface area (Å²) in [5, 5.41) is 12.0. The van der Waals surface area contributed by atoms with Gasteiger partial charge in [-0.1, -0.05) is 22.8 Å². The largest absolute Gasteiger partial charge is 0.465 e. The average molecular weight is 441 g/mol. The maximum absolute atomic E-state index is 14.6. The molecule has 1 unspecified atom stereocenters. The average Bonchev–Trinajstić information content (AvgIpc) is 3.16. The normalized spacial score (nSPS) is 18.4. The second kappa shape index (κ2) is 7.61. The summed E-state index contributed by atoms with van der Waals surface area (Å²) in [7, 11) is 1.21. The van der Waals surface area contributed by atoms with E-state index < -0.39 is 40.6 Å². The number of nitrogens with zero attached hydrogens (tertiary/aromatic N) is 2. The van der Waals surface area contributed by atoms with Gasteiger partial charge in [0.2, 0.25) is 0 Å². The quantitative estimate of drug-likeness (QED) is 0.496. The molecule has 5 nitrogen and oxygen atoms in total. The molecule has 1 aliphatic rings. The summed E-state index contributed by atoms with van der Waals surface area (Å²) in [6.07, 6.45) is -5.92. The van der Waals surface area contributed by atoms with Crippen LogP contribution in [-0.2, 0) is 15.2 Å². The molecule has 1 aliphatic heterocycles. The number of carbonyl (C=O) groups excluding carboxylic acids is 1. The number of nitriles is 1. The maximum Gasteiger partial charge on any atom is 0.435 e. The van der Waals surface area contributed by atoms with E-state index in [4.69, 9.17) is 21.7 Å². The summed E-state index contributed by atoms with van der Waals surface area (Å²) in [4.78, 5) is 16.5. The Kier molecular flexibility index (Phi) is 5.48. The number of hydrogen-bond donors (Lipinski definition) is 0. The number of oxime groups is 1. The van der Waals surface area contributed by atoms with Crippen LogP contribution in [0.15, 0.2) is 35.5 Å². The van der Waals surface area contributed by atoms with Gasteiger partial charge in [0.25, 0.3) is 5.60 Å². The van der Waals surface area contributed by atoms with Crippen molar-refractivity contribution in [1.82, 2.24) is 0 Å². The number of ether oxygens (including phenoxy) is 1. The lowest BCUT2D eigenvalue weighted by Crippen LogP contribution is -2.43. The standard InChI is InChI=1S/C20H13ClF4N2O3/c1-10-5-12(3-4-13(10)18(28)29-2)16-8-19(30-27-16,20(23,24)25)14-6-11(9-26)7-15(21)17(14)22/h3-7H,8H2,1-2H3. The van der Waals surface area contributed by atoms with Gasteiger partial charge >= 0.3 is 12.1 Å². The highest BCUT2D eigenvalue weighted by molar-refractivity contribution is 6.31. The van der Waals surface area contributed by atoms with E-state index in [1.165, 1.54) is 25.3 Å². The van der Waals surface area contributed by atoms with E-state index in [-0.39, 0.29) is 22.4 Å². The number of hydrogen-bond acceptors (Lipinski definition) is 5. The van der Waals surface area contributed by atoms with Crippen molar-refractivity contribution in [2.75, 3.05) is 7.11 Å². The van der Waals surface area contributed by atoms with Crippen molar-refractivity contribution in [1.29, 1.82) is 5.26 Å². The summed E-state index contributed by atoms with van der Waals surface area (Å²) in [5.41, 5.74) is -3.50. The number of halogens is 5. The highest BCUT2D eigenvalue weighted by Crippen LogP contribution is 2.50. The lowest BCUT2D eigenvalue weighted by molar-refractivity contribution is -0.276. The highest BCUT2D eigenvalue weighted by atomic mass is 35.5. The van der Waals surface area contributed by atoms with Gasteiger partial charge in [-0.3, -0.25) is 0 Å². The predicted molar refractivity (Wildman–Crippen MR) is 98.6 cm³/mol. The first kappa shape index (κ1) is 21.6. The Hall–Kier alpha value is -3.12. The lowest BCUT2D eigenvalue weighted by atomic mass is 9.85. The first-order valence-electron chi connectivity index (χ1n) is 8.45. The van der Waals surface area contributed by atoms with Crippen LogP contribution in [0.5, 0.6) is 0 Å². The number of esters is 1. The van der Waals surface area contributed by atoms with E-state index in [9.17, 15) is 22.4 Å². The molecule has 0 N–H and O–H groups in total. The van der Waals surface area contributed by atoms with Gasteiger partial charge in [-0.2, -0.15) is 18.4 Å². The van der Waals surface area contributed by atoms with Crippen molar-refractivity contribution in [3.63, 3.8) is 0 Å². The second-order valence-corrected chi connectivity index (χ2v) is 6.99. The van der Waals surface area contributed by atoms with E-state index >= 15 is 0 Å². The number of alkyl halides is 3. The number of methoxy groups -OCH3 is 1. The Morgan fingerprint density at radius 1 is 1.33 bits per heavy atom. The molecule has 0 bridgehead atoms. The summed E-state index contributed by atoms with van der Waals surface area (Å²) in [5.74, 6) is -1.94. The van der Waals surface area contributed by atoms with Crippen molar-refractivity contribution in [3.05, 3.63) is 69.0 Å². The molecule has 1 atom stereocenters. The molecule has 2 aromatic rings. The molecular formula is C20H13ClF4N2O3. The van der Waals surface area contributed by atoms with Gasteiger partial charge < -0.3 is 9.57 Å². The fourth-order valence-electron chi connectivity index (χ4n) is 3.17. The molecule has 0 saturated heterocycles. The summed E-state index contributed by atoms with van der Waals surface area (Å²) < 4.78 is 61.5. The first-order valence-corrected chi connectivity index (χ1v) is 8.82. The van der Waals surface area contributed by atoms with Gasteiger partial charge in [0.05, 0.1) is 41.5 Å². The van der Waals surface area contributed by atoms with E-state index in [1.807, 2.05) is 0 Å². The van der Waals surface area contributed by atoms with Gasteiger partial charge in [-0.05, 0) is 42.3 Å². The molecular weight excluding hydrogens is 428 g/mol. The molecule has 0 aliphatic carbocycles. The molecule has 3 rings (SSSR count). The molecule has 1 heterocycles. The maximum atomic E-state index is 14.6. The van der Waals surface area contributed by atoms with Crippen LogP contribution in [-0.4, -0.2) is 25.0 Å². The van der Waals surface area contributed by atoms with Crippen LogP contribution in [0.2, 0.25) is 5.02 Å². The van der Waals surface area contributed by atoms with E-state index in [0.29, 0.717) is 5.56 Å². The Bertz CT molecular complexity index is 1110. The SMILES string of the molecule is COC(=O)c1ccc(C2=NOC(c3cc(C#N)cc(Cl)c3F)(C(F)(F)F)C2)cc1C. The molecule has 10 heteroatoms. The number of aryl methyl sites for hydroxylation is 1. The van der Waals surface area contributed by atoms with Gasteiger partial charge in [0.15, 0.2) is 0 Å². The van der Waals surface area contributed by atoms with Gasteiger partial charge in [-0.25, -0.2) is 9.18 Å². The van der Waals surface area contributed by atoms with Crippen LogP contribution in [0.3, 0.4) is 0 Å². The van der Waals surface area contributed by atoms with Crippen molar-refractivity contribution in [2.24, 2.45) is 5.16 Å². The zero-order valence-electron chi connectivity index (χ0n) is 15.6. The van der Waals surface area contributed by atoms with Crippen molar-refractivity contribution >= 4 is 23.3 Å². The topological polar surface area (TPSA) is 71.7 Å². The molecule has 30 heavy (non-hydrogen) atoms. The Morgan fingerprint density at radius 2 is 2.03 bits per heavy atom. The summed E-state index contributed by atoms with van der Waals surface area (Å²) >= 11 is 5.69. The smallest absolute Gasteiger partial charge is 0.435 e. The lowest BCUT2D eigenvalue weighted by Gasteiger charge is -2.30. The fraction of sp³-hybridized carbons (Fsp3) is 0.250. The van der Waals surface area contributed by atoms with Crippen molar-refractivity contribution < 1.29 is 31.9 Å². The third kappa shape index (κ3) is 3.48. The summed E-state index contributed by atoms with van der Waals surface area (Å²) in [6.45, 7) is 1.58. The predicted octanol–water partition coefficient (Wildman–Crippen LogP) is 5.03. The van der Waals surface area contributed by atoms with Crippen LogP contribution in [0.1, 0.15) is 39.0 Å². The molecule has 2 aromatic carbocycles. The van der Waals surface area contributed by atoms with E-state index in [0.717, 1.165) is 12.1 Å². The zero-order chi connectivity index (χ0) is 22.3. The van der Waals surface area contributed by atoms with Gasteiger partial charge in [-0.15, -0.1) is 0 Å². The Morgan fingerprint density at radius 3 is 2.60 bits per heavy atom. The van der Waals surface area contributed by atoms with Crippen LogP contribution >= 0.6 is 11.6 Å². The third-order valence-electron chi connectivity index (χ3n) is 4.74. The van der Waals surface area contributed by atoms with Crippen LogP contribution in [0, 0.1) is 24.1 Å². The first-order chi connectivity index (χ1) is 14.0. The molecule has 0 spiro atoms. The van der Waals surface area contributed by atoms with Crippen molar-refractivity contribution in [2.45, 2.75) is 25.1 Å². The van der Waals surface area contributed by atoms with Crippen LogP contribution in [0.25, 0.3) is 0 Å². The van der Waals surface area contributed by atoms with Gasteiger partial charge in [0, 0.05) is 5.56 Å². The number of carbonyl (C=O) groups is 1. The van der Waals surface area contributed by atoms with Crippen LogP contribution < -0.4 is 0 Å². The minimum atomic E-state index is -5.07. The van der Waals surface area contributed by atoms with Gasteiger partial charge in [0.1, 0.15) is 5.82 Å². The third-order valence-corrected chi connectivity index (χ3v) is 5.02. The van der Waals surface area contributed by atoms with E-state index in [1.54, 1.807) is 13.0 Å². The van der Waals surface area contributed by atoms with E-state index in [2.05, 4.69) is 9.89 Å². The molecule has 0 saturated carbocycles. The monoisotopic (exact) mass is 440 g/mol. The Labute approximate surface area is 173 Å². The second-order valence-electron chi connectivity index (χ2n) is 6.58. The minimum Gasteiger partial charge on any atom is -0.465 e. The zero-order valence-corrected chi connectivity index (χ0v) is 16.4. The Balaban J connectivity index is 2.07. The molecule has 0 aromatic heterocycles. The van der Waals surface area contributed by atoms with Crippen LogP contribution in [0.4, 0.5) is 17.6 Å². The number of rotatable bonds is 3. The molecule has 0 amide bonds. The molecule has 0 fully saturated rings. The minimum absolute atomic E-state index is 0.107.